The Morgan fingerprint density at radius 3 is 2.92 bits per heavy atom. The van der Waals surface area contributed by atoms with Gasteiger partial charge in [0.2, 0.25) is 0 Å². The SMILES string of the molecule is CC(C)c1nccn1CC1COC1. The third-order valence-electron chi connectivity index (χ3n) is 2.43. The first-order chi connectivity index (χ1) is 6.27. The van der Waals surface area contributed by atoms with Gasteiger partial charge in [-0.05, 0) is 0 Å². The molecule has 1 aliphatic heterocycles. The Morgan fingerprint density at radius 1 is 1.62 bits per heavy atom. The zero-order valence-electron chi connectivity index (χ0n) is 8.23. The fraction of sp³-hybridized carbons (Fsp3) is 0.700. The summed E-state index contributed by atoms with van der Waals surface area (Å²) in [5.74, 6) is 2.40. The van der Waals surface area contributed by atoms with E-state index in [0.717, 1.165) is 19.8 Å². The van der Waals surface area contributed by atoms with Crippen LogP contribution >= 0.6 is 0 Å². The first-order valence-corrected chi connectivity index (χ1v) is 4.86. The van der Waals surface area contributed by atoms with Crippen LogP contribution in [0.3, 0.4) is 0 Å². The lowest BCUT2D eigenvalue weighted by atomic mass is 10.1. The van der Waals surface area contributed by atoms with Crippen molar-refractivity contribution >= 4 is 0 Å². The minimum Gasteiger partial charge on any atom is -0.381 e. The first kappa shape index (κ1) is 8.75. The Bertz CT molecular complexity index is 276. The summed E-state index contributed by atoms with van der Waals surface area (Å²) in [5, 5.41) is 0. The summed E-state index contributed by atoms with van der Waals surface area (Å²) in [6.07, 6.45) is 3.95. The summed E-state index contributed by atoms with van der Waals surface area (Å²) < 4.78 is 7.40. The summed E-state index contributed by atoms with van der Waals surface area (Å²) in [5.41, 5.74) is 0. The molecule has 1 aromatic rings. The Labute approximate surface area is 78.7 Å². The van der Waals surface area contributed by atoms with Crippen molar-refractivity contribution in [2.24, 2.45) is 5.92 Å². The van der Waals surface area contributed by atoms with Crippen LogP contribution in [0.25, 0.3) is 0 Å². The first-order valence-electron chi connectivity index (χ1n) is 4.86. The molecular weight excluding hydrogens is 164 g/mol. The second-order valence-corrected chi connectivity index (χ2v) is 4.00. The zero-order valence-corrected chi connectivity index (χ0v) is 8.23. The standard InChI is InChI=1S/C10H16N2O/c1-8(2)10-11-3-4-12(10)5-9-6-13-7-9/h3-4,8-9H,5-7H2,1-2H3. The van der Waals surface area contributed by atoms with Crippen molar-refractivity contribution in [1.29, 1.82) is 0 Å². The summed E-state index contributed by atoms with van der Waals surface area (Å²) in [7, 11) is 0. The predicted molar refractivity (Wildman–Crippen MR) is 50.6 cm³/mol. The predicted octanol–water partition coefficient (Wildman–Crippen LogP) is 1.65. The van der Waals surface area contributed by atoms with E-state index in [4.69, 9.17) is 4.74 Å². The summed E-state index contributed by atoms with van der Waals surface area (Å²) >= 11 is 0. The highest BCUT2D eigenvalue weighted by molar-refractivity contribution is 4.98. The van der Waals surface area contributed by atoms with Crippen molar-refractivity contribution in [2.75, 3.05) is 13.2 Å². The van der Waals surface area contributed by atoms with Gasteiger partial charge in [-0.3, -0.25) is 0 Å². The molecule has 0 amide bonds. The molecule has 0 N–H and O–H groups in total. The molecule has 2 heterocycles. The molecule has 1 fully saturated rings. The van der Waals surface area contributed by atoms with Crippen LogP contribution in [0.5, 0.6) is 0 Å². The minimum absolute atomic E-state index is 0.510. The molecule has 0 aliphatic carbocycles. The second-order valence-electron chi connectivity index (χ2n) is 4.00. The van der Waals surface area contributed by atoms with Gasteiger partial charge >= 0.3 is 0 Å². The molecule has 1 saturated heterocycles. The average Bonchev–Trinajstić information content (AvgIpc) is 2.44. The number of rotatable bonds is 3. The molecule has 1 aromatic heterocycles. The van der Waals surface area contributed by atoms with E-state index in [9.17, 15) is 0 Å². The summed E-state index contributed by atoms with van der Waals surface area (Å²) in [6, 6.07) is 0. The summed E-state index contributed by atoms with van der Waals surface area (Å²) in [6.45, 7) is 7.24. The number of ether oxygens (including phenoxy) is 1. The van der Waals surface area contributed by atoms with Crippen LogP contribution in [0.2, 0.25) is 0 Å². The number of hydrogen-bond donors (Lipinski definition) is 0. The Balaban J connectivity index is 2.05. The highest BCUT2D eigenvalue weighted by Crippen LogP contribution is 2.17. The second kappa shape index (κ2) is 3.50. The largest absolute Gasteiger partial charge is 0.381 e. The molecular formula is C10H16N2O. The van der Waals surface area contributed by atoms with Gasteiger partial charge in [-0.1, -0.05) is 13.8 Å². The Kier molecular flexibility index (Phi) is 2.36. The molecule has 0 bridgehead atoms. The molecule has 0 aromatic carbocycles. The van der Waals surface area contributed by atoms with E-state index in [0.29, 0.717) is 11.8 Å². The van der Waals surface area contributed by atoms with E-state index in [1.165, 1.54) is 5.82 Å². The van der Waals surface area contributed by atoms with Gasteiger partial charge in [0.05, 0.1) is 13.2 Å². The normalized spacial score (nSPS) is 17.8. The van der Waals surface area contributed by atoms with Gasteiger partial charge in [0.1, 0.15) is 5.82 Å². The zero-order chi connectivity index (χ0) is 9.26. The molecule has 1 aliphatic rings. The third-order valence-corrected chi connectivity index (χ3v) is 2.43. The molecule has 2 rings (SSSR count). The van der Waals surface area contributed by atoms with Crippen molar-refractivity contribution < 1.29 is 4.74 Å². The highest BCUT2D eigenvalue weighted by Gasteiger charge is 2.20. The van der Waals surface area contributed by atoms with Crippen molar-refractivity contribution in [1.82, 2.24) is 9.55 Å². The molecule has 0 spiro atoms. The number of aromatic nitrogens is 2. The highest BCUT2D eigenvalue weighted by atomic mass is 16.5. The molecule has 0 atom stereocenters. The van der Waals surface area contributed by atoms with E-state index in [1.807, 2.05) is 6.20 Å². The van der Waals surface area contributed by atoms with E-state index < -0.39 is 0 Å². The number of nitrogens with zero attached hydrogens (tertiary/aromatic N) is 2. The van der Waals surface area contributed by atoms with Crippen LogP contribution in [0.4, 0.5) is 0 Å². The molecule has 0 saturated carbocycles. The maximum absolute atomic E-state index is 5.15. The van der Waals surface area contributed by atoms with Gasteiger partial charge in [-0.15, -0.1) is 0 Å². The van der Waals surface area contributed by atoms with E-state index in [2.05, 4.69) is 29.6 Å². The van der Waals surface area contributed by atoms with Gasteiger partial charge in [0.15, 0.2) is 0 Å². The van der Waals surface area contributed by atoms with E-state index >= 15 is 0 Å². The summed E-state index contributed by atoms with van der Waals surface area (Å²) in [4.78, 5) is 4.35. The number of hydrogen-bond acceptors (Lipinski definition) is 2. The third kappa shape index (κ3) is 1.75. The van der Waals surface area contributed by atoms with E-state index in [1.54, 1.807) is 0 Å². The van der Waals surface area contributed by atoms with Gasteiger partial charge in [0.25, 0.3) is 0 Å². The quantitative estimate of drug-likeness (QED) is 0.707. The van der Waals surface area contributed by atoms with E-state index in [-0.39, 0.29) is 0 Å². The van der Waals surface area contributed by atoms with Gasteiger partial charge < -0.3 is 9.30 Å². The lowest BCUT2D eigenvalue weighted by Gasteiger charge is -2.27. The maximum Gasteiger partial charge on any atom is 0.111 e. The van der Waals surface area contributed by atoms with Gasteiger partial charge in [-0.2, -0.15) is 0 Å². The van der Waals surface area contributed by atoms with Crippen LogP contribution in [-0.2, 0) is 11.3 Å². The Morgan fingerprint density at radius 2 is 2.38 bits per heavy atom. The van der Waals surface area contributed by atoms with Crippen molar-refractivity contribution in [3.05, 3.63) is 18.2 Å². The maximum atomic E-state index is 5.15. The van der Waals surface area contributed by atoms with Crippen molar-refractivity contribution in [2.45, 2.75) is 26.3 Å². The van der Waals surface area contributed by atoms with Crippen LogP contribution in [-0.4, -0.2) is 22.8 Å². The molecule has 3 nitrogen and oxygen atoms in total. The lowest BCUT2D eigenvalue weighted by molar-refractivity contribution is -0.0397. The van der Waals surface area contributed by atoms with Gasteiger partial charge in [0, 0.05) is 30.8 Å². The van der Waals surface area contributed by atoms with Crippen LogP contribution in [0.1, 0.15) is 25.6 Å². The fourth-order valence-corrected chi connectivity index (χ4v) is 1.64. The molecule has 0 unspecified atom stereocenters. The smallest absolute Gasteiger partial charge is 0.111 e. The minimum atomic E-state index is 0.510. The average molecular weight is 180 g/mol. The molecule has 3 heteroatoms. The van der Waals surface area contributed by atoms with Crippen LogP contribution < -0.4 is 0 Å². The monoisotopic (exact) mass is 180 g/mol. The van der Waals surface area contributed by atoms with Crippen molar-refractivity contribution in [3.63, 3.8) is 0 Å². The molecule has 13 heavy (non-hydrogen) atoms. The molecule has 0 radical (unpaired) electrons. The fourth-order valence-electron chi connectivity index (χ4n) is 1.64. The van der Waals surface area contributed by atoms with Crippen LogP contribution in [0.15, 0.2) is 12.4 Å². The van der Waals surface area contributed by atoms with Gasteiger partial charge in [-0.25, -0.2) is 4.98 Å². The van der Waals surface area contributed by atoms with Crippen molar-refractivity contribution in [3.8, 4) is 0 Å². The topological polar surface area (TPSA) is 27.1 Å². The Hall–Kier alpha value is -0.830. The van der Waals surface area contributed by atoms with Crippen LogP contribution in [0, 0.1) is 5.92 Å². The number of imidazole rings is 1. The lowest BCUT2D eigenvalue weighted by Crippen LogP contribution is -2.31. The molecule has 72 valence electrons.